The van der Waals surface area contributed by atoms with E-state index >= 15 is 0 Å². The highest BCUT2D eigenvalue weighted by Crippen LogP contribution is 2.50. The number of hydrogen-bond donors (Lipinski definition) is 2. The molecule has 1 aliphatic carbocycles. The number of hydrogen-bond acceptors (Lipinski definition) is 8. The van der Waals surface area contributed by atoms with Crippen molar-refractivity contribution in [3.8, 4) is 11.5 Å². The molecule has 1 aliphatic heterocycles. The largest absolute Gasteiger partial charge is 0.488 e. The van der Waals surface area contributed by atoms with Crippen molar-refractivity contribution < 1.29 is 14.1 Å². The predicted molar refractivity (Wildman–Crippen MR) is 143 cm³/mol. The molecule has 1 fully saturated rings. The number of nitrogens with one attached hydrogen (secondary N) is 1. The molecule has 2 aromatic heterocycles. The van der Waals surface area contributed by atoms with Crippen LogP contribution in [0.25, 0.3) is 17.0 Å². The van der Waals surface area contributed by atoms with Crippen molar-refractivity contribution >= 4 is 11.5 Å². The van der Waals surface area contributed by atoms with E-state index in [1.807, 2.05) is 6.08 Å². The lowest BCUT2D eigenvalue weighted by Crippen LogP contribution is -2.30. The molecule has 2 aliphatic rings. The third kappa shape index (κ3) is 4.93. The summed E-state index contributed by atoms with van der Waals surface area (Å²) in [4.78, 5) is 18.3. The summed E-state index contributed by atoms with van der Waals surface area (Å²) < 4.78 is 12.9. The normalized spacial score (nSPS) is 17.4. The first-order valence-electron chi connectivity index (χ1n) is 12.7. The van der Waals surface area contributed by atoms with Crippen molar-refractivity contribution in [1.82, 2.24) is 30.1 Å². The van der Waals surface area contributed by atoms with Gasteiger partial charge in [-0.25, -0.2) is 0 Å². The second-order valence-electron chi connectivity index (χ2n) is 10.0. The molecule has 10 heteroatoms. The van der Waals surface area contributed by atoms with Crippen molar-refractivity contribution in [3.05, 3.63) is 83.9 Å². The Balaban J connectivity index is 1.40. The van der Waals surface area contributed by atoms with E-state index in [0.29, 0.717) is 47.9 Å². The lowest BCUT2D eigenvalue weighted by molar-refractivity contribution is -0.129. The van der Waals surface area contributed by atoms with Crippen LogP contribution in [0, 0.1) is 5.92 Å². The Hall–Kier alpha value is -4.34. The first-order valence-corrected chi connectivity index (χ1v) is 12.7. The molecular formula is C28H33N7O3. The molecule has 0 radical (unpaired) electrons. The van der Waals surface area contributed by atoms with Gasteiger partial charge in [0.2, 0.25) is 5.91 Å². The summed E-state index contributed by atoms with van der Waals surface area (Å²) in [6.07, 6.45) is 9.29. The van der Waals surface area contributed by atoms with Crippen LogP contribution >= 0.6 is 0 Å². The molecule has 0 unspecified atom stereocenters. The number of amides is 1. The first-order chi connectivity index (χ1) is 18.3. The van der Waals surface area contributed by atoms with Crippen LogP contribution in [0.15, 0.2) is 71.5 Å². The average Bonchev–Trinajstić information content (AvgIpc) is 3.48. The minimum atomic E-state index is -0.404. The summed E-state index contributed by atoms with van der Waals surface area (Å²) in [7, 11) is 3.43. The maximum absolute atomic E-state index is 12.0. The van der Waals surface area contributed by atoms with Gasteiger partial charge in [0.15, 0.2) is 11.6 Å². The minimum absolute atomic E-state index is 0.0480. The lowest BCUT2D eigenvalue weighted by Gasteiger charge is -2.27. The maximum atomic E-state index is 12.0. The standard InChI is InChI=1S/C28H33N7O3/c1-5-18(14-23-25(29)30-12-13-37-23)19-6-8-21(9-7-19)28(2,22-10-11-22)27-32-26(38-33-27)20-15-31-35(16-20)17-24(36)34(3)4/h5-9,14-16,22,30H,1,10-13,17,29H2,2-4H3/b18-14+/t28-/m0/s1. The number of allylic oxidation sites excluding steroid dienone is 3. The highest BCUT2D eigenvalue weighted by atomic mass is 16.5. The molecule has 0 bridgehead atoms. The van der Waals surface area contributed by atoms with Crippen molar-refractivity contribution in [2.75, 3.05) is 27.2 Å². The van der Waals surface area contributed by atoms with Crippen molar-refractivity contribution in [2.45, 2.75) is 31.7 Å². The van der Waals surface area contributed by atoms with Gasteiger partial charge in [0, 0.05) is 20.3 Å². The molecule has 1 amide bonds. The lowest BCUT2D eigenvalue weighted by atomic mass is 9.76. The second-order valence-corrected chi connectivity index (χ2v) is 10.0. The highest BCUT2D eigenvalue weighted by Gasteiger charge is 2.47. The Morgan fingerprint density at radius 2 is 2.08 bits per heavy atom. The van der Waals surface area contributed by atoms with Gasteiger partial charge in [-0.1, -0.05) is 42.1 Å². The third-order valence-electron chi connectivity index (χ3n) is 7.23. The number of nitrogens with zero attached hydrogens (tertiary/aromatic N) is 5. The molecular weight excluding hydrogens is 482 g/mol. The maximum Gasteiger partial charge on any atom is 0.261 e. The van der Waals surface area contributed by atoms with E-state index in [2.05, 4.69) is 53.3 Å². The summed E-state index contributed by atoms with van der Waals surface area (Å²) in [5.74, 6) is 2.53. The SMILES string of the molecule is C=C/C(=C\C1=C(N)NCCO1)c1ccc([C@](C)(c2noc(-c3cnn(CC(=O)N(C)C)c3)n2)C2CC2)cc1. The number of rotatable bonds is 9. The Kier molecular flexibility index (Phi) is 6.79. The van der Waals surface area contributed by atoms with E-state index in [0.717, 1.165) is 29.5 Å². The smallest absolute Gasteiger partial charge is 0.261 e. The Bertz CT molecular complexity index is 1400. The molecule has 3 heterocycles. The zero-order valence-corrected chi connectivity index (χ0v) is 22.0. The number of nitrogens with two attached hydrogens (primary N) is 1. The van der Waals surface area contributed by atoms with Gasteiger partial charge in [0.05, 0.1) is 23.7 Å². The summed E-state index contributed by atoms with van der Waals surface area (Å²) >= 11 is 0. The minimum Gasteiger partial charge on any atom is -0.488 e. The fraction of sp³-hybridized carbons (Fsp3) is 0.357. The van der Waals surface area contributed by atoms with Crippen molar-refractivity contribution in [2.24, 2.45) is 11.7 Å². The van der Waals surface area contributed by atoms with E-state index in [9.17, 15) is 4.79 Å². The molecule has 3 N–H and O–H groups in total. The topological polar surface area (TPSA) is 124 Å². The van der Waals surface area contributed by atoms with Gasteiger partial charge >= 0.3 is 0 Å². The quantitative estimate of drug-likeness (QED) is 0.417. The molecule has 1 aromatic carbocycles. The molecule has 3 aromatic rings. The molecule has 198 valence electrons. The summed E-state index contributed by atoms with van der Waals surface area (Å²) in [6, 6.07) is 8.37. The van der Waals surface area contributed by atoms with Crippen LogP contribution in [0.2, 0.25) is 0 Å². The van der Waals surface area contributed by atoms with Gasteiger partial charge in [-0.15, -0.1) is 0 Å². The third-order valence-corrected chi connectivity index (χ3v) is 7.23. The molecule has 1 saturated carbocycles. The second kappa shape index (κ2) is 10.2. The molecule has 1 atom stereocenters. The zero-order chi connectivity index (χ0) is 26.9. The van der Waals surface area contributed by atoms with Gasteiger partial charge in [-0.05, 0) is 48.5 Å². The molecule has 0 saturated heterocycles. The number of likely N-dealkylation sites (N-methyl/N-ethyl adjacent to an activating group) is 1. The van der Waals surface area contributed by atoms with Gasteiger partial charge in [-0.2, -0.15) is 10.1 Å². The van der Waals surface area contributed by atoms with Crippen LogP contribution in [0.5, 0.6) is 0 Å². The number of carbonyl (C=O) groups is 1. The summed E-state index contributed by atoms with van der Waals surface area (Å²) in [5, 5.41) is 11.8. The first kappa shape index (κ1) is 25.3. The molecule has 38 heavy (non-hydrogen) atoms. The summed E-state index contributed by atoms with van der Waals surface area (Å²) in [6.45, 7) is 7.55. The molecule has 5 rings (SSSR count). The van der Waals surface area contributed by atoms with Crippen LogP contribution in [-0.4, -0.2) is 58.0 Å². The molecule has 10 nitrogen and oxygen atoms in total. The van der Waals surface area contributed by atoms with E-state index in [1.165, 1.54) is 4.90 Å². The Morgan fingerprint density at radius 3 is 2.74 bits per heavy atom. The van der Waals surface area contributed by atoms with Crippen LogP contribution in [0.3, 0.4) is 0 Å². The van der Waals surface area contributed by atoms with Gasteiger partial charge in [0.25, 0.3) is 5.89 Å². The van der Waals surface area contributed by atoms with Crippen LogP contribution in [0.4, 0.5) is 0 Å². The number of aromatic nitrogens is 4. The fourth-order valence-electron chi connectivity index (χ4n) is 4.64. The Morgan fingerprint density at radius 1 is 1.32 bits per heavy atom. The van der Waals surface area contributed by atoms with Gasteiger partial charge in [-0.3, -0.25) is 9.48 Å². The van der Waals surface area contributed by atoms with E-state index in [-0.39, 0.29) is 12.5 Å². The monoisotopic (exact) mass is 515 g/mol. The fourth-order valence-corrected chi connectivity index (χ4v) is 4.64. The van der Waals surface area contributed by atoms with E-state index < -0.39 is 5.41 Å². The predicted octanol–water partition coefficient (Wildman–Crippen LogP) is 3.05. The number of benzene rings is 1. The number of ether oxygens (including phenoxy) is 1. The van der Waals surface area contributed by atoms with Gasteiger partial charge in [0.1, 0.15) is 19.0 Å². The summed E-state index contributed by atoms with van der Waals surface area (Å²) in [5.41, 5.74) is 9.35. The van der Waals surface area contributed by atoms with Crippen LogP contribution < -0.4 is 11.1 Å². The van der Waals surface area contributed by atoms with E-state index in [4.69, 9.17) is 20.0 Å². The van der Waals surface area contributed by atoms with E-state index in [1.54, 1.807) is 37.2 Å². The highest BCUT2D eigenvalue weighted by molar-refractivity contribution is 5.76. The van der Waals surface area contributed by atoms with Crippen LogP contribution in [-0.2, 0) is 21.5 Å². The van der Waals surface area contributed by atoms with Crippen LogP contribution in [0.1, 0.15) is 36.7 Å². The zero-order valence-electron chi connectivity index (χ0n) is 22.0. The average molecular weight is 516 g/mol. The van der Waals surface area contributed by atoms with Crippen molar-refractivity contribution in [1.29, 1.82) is 0 Å². The Labute approximate surface area is 221 Å². The van der Waals surface area contributed by atoms with Gasteiger partial charge < -0.3 is 25.2 Å². The van der Waals surface area contributed by atoms with Crippen molar-refractivity contribution in [3.63, 3.8) is 0 Å². The number of carbonyl (C=O) groups excluding carboxylic acids is 1. The molecule has 0 spiro atoms.